The number of hydrogen-bond donors (Lipinski definition) is 1. The van der Waals surface area contributed by atoms with E-state index in [1.54, 1.807) is 36.2 Å². The largest absolute Gasteiger partial charge is 0.497 e. The first-order chi connectivity index (χ1) is 13.1. The van der Waals surface area contributed by atoms with Crippen molar-refractivity contribution in [3.8, 4) is 11.5 Å². The summed E-state index contributed by atoms with van der Waals surface area (Å²) in [5.41, 5.74) is 2.03. The van der Waals surface area contributed by atoms with Crippen LogP contribution in [0.4, 0.5) is 5.69 Å². The van der Waals surface area contributed by atoms with Crippen molar-refractivity contribution in [1.82, 2.24) is 9.78 Å². The van der Waals surface area contributed by atoms with E-state index in [0.717, 1.165) is 11.3 Å². The van der Waals surface area contributed by atoms with Crippen LogP contribution in [0, 0.1) is 0 Å². The van der Waals surface area contributed by atoms with Gasteiger partial charge in [-0.3, -0.25) is 9.48 Å². The summed E-state index contributed by atoms with van der Waals surface area (Å²) in [6.07, 6.45) is 3.23. The summed E-state index contributed by atoms with van der Waals surface area (Å²) in [6.45, 7) is 2.92. The zero-order valence-corrected chi connectivity index (χ0v) is 15.9. The van der Waals surface area contributed by atoms with Crippen LogP contribution in [0.1, 0.15) is 22.8 Å². The number of aromatic nitrogens is 2. The van der Waals surface area contributed by atoms with Gasteiger partial charge in [0, 0.05) is 11.2 Å². The van der Waals surface area contributed by atoms with E-state index in [0.29, 0.717) is 35.2 Å². The molecule has 0 saturated heterocycles. The molecular formula is C20H20ClN3O3. The van der Waals surface area contributed by atoms with Crippen molar-refractivity contribution in [3.05, 3.63) is 71.0 Å². The Balaban J connectivity index is 1.70. The van der Waals surface area contributed by atoms with Crippen molar-refractivity contribution in [2.45, 2.75) is 13.5 Å². The second-order valence-electron chi connectivity index (χ2n) is 5.80. The summed E-state index contributed by atoms with van der Waals surface area (Å²) < 4.78 is 12.4. The van der Waals surface area contributed by atoms with Gasteiger partial charge in [-0.25, -0.2) is 0 Å². The molecule has 0 aliphatic carbocycles. The van der Waals surface area contributed by atoms with Crippen molar-refractivity contribution in [1.29, 1.82) is 0 Å². The number of carbonyl (C=O) groups excluding carboxylic acids is 1. The van der Waals surface area contributed by atoms with E-state index in [-0.39, 0.29) is 5.91 Å². The van der Waals surface area contributed by atoms with Crippen molar-refractivity contribution in [2.24, 2.45) is 0 Å². The number of carbonyl (C=O) groups is 1. The summed E-state index contributed by atoms with van der Waals surface area (Å²) in [7, 11) is 1.63. The molecule has 1 N–H and O–H groups in total. The van der Waals surface area contributed by atoms with Gasteiger partial charge in [0.1, 0.15) is 11.5 Å². The van der Waals surface area contributed by atoms with Crippen LogP contribution in [0.5, 0.6) is 11.5 Å². The molecule has 3 rings (SSSR count). The van der Waals surface area contributed by atoms with Crippen molar-refractivity contribution in [2.75, 3.05) is 19.0 Å². The summed E-state index contributed by atoms with van der Waals surface area (Å²) >= 11 is 6.03. The van der Waals surface area contributed by atoms with Crippen LogP contribution in [0.15, 0.2) is 54.9 Å². The maximum Gasteiger partial charge on any atom is 0.258 e. The Bertz CT molecular complexity index is 922. The van der Waals surface area contributed by atoms with Crippen molar-refractivity contribution >= 4 is 23.2 Å². The van der Waals surface area contributed by atoms with Gasteiger partial charge in [0.15, 0.2) is 0 Å². The van der Waals surface area contributed by atoms with Crippen LogP contribution in [-0.4, -0.2) is 29.4 Å². The lowest BCUT2D eigenvalue weighted by Gasteiger charge is -2.11. The van der Waals surface area contributed by atoms with Gasteiger partial charge in [-0.15, -0.1) is 0 Å². The maximum absolute atomic E-state index is 12.6. The second-order valence-corrected chi connectivity index (χ2v) is 6.24. The van der Waals surface area contributed by atoms with Crippen LogP contribution in [0.3, 0.4) is 0 Å². The van der Waals surface area contributed by atoms with E-state index < -0.39 is 0 Å². The Morgan fingerprint density at radius 2 is 2.00 bits per heavy atom. The highest BCUT2D eigenvalue weighted by Gasteiger charge is 2.13. The smallest absolute Gasteiger partial charge is 0.258 e. The topological polar surface area (TPSA) is 65.4 Å². The van der Waals surface area contributed by atoms with E-state index in [1.807, 2.05) is 31.2 Å². The zero-order chi connectivity index (χ0) is 19.2. The van der Waals surface area contributed by atoms with E-state index >= 15 is 0 Å². The molecule has 0 aliphatic heterocycles. The Morgan fingerprint density at radius 1 is 1.22 bits per heavy atom. The second kappa shape index (κ2) is 8.60. The molecule has 0 atom stereocenters. The van der Waals surface area contributed by atoms with Gasteiger partial charge in [0.25, 0.3) is 5.91 Å². The van der Waals surface area contributed by atoms with Crippen molar-refractivity contribution < 1.29 is 14.3 Å². The van der Waals surface area contributed by atoms with Gasteiger partial charge in [-0.05, 0) is 42.8 Å². The highest BCUT2D eigenvalue weighted by atomic mass is 35.5. The van der Waals surface area contributed by atoms with E-state index in [1.165, 1.54) is 6.20 Å². The molecule has 140 valence electrons. The van der Waals surface area contributed by atoms with Crippen LogP contribution in [0.2, 0.25) is 5.02 Å². The lowest BCUT2D eigenvalue weighted by Crippen LogP contribution is -2.12. The van der Waals surface area contributed by atoms with Gasteiger partial charge in [-0.2, -0.15) is 5.10 Å². The first-order valence-electron chi connectivity index (χ1n) is 8.48. The number of nitrogens with zero attached hydrogens (tertiary/aromatic N) is 2. The lowest BCUT2D eigenvalue weighted by atomic mass is 10.2. The minimum absolute atomic E-state index is 0.279. The van der Waals surface area contributed by atoms with E-state index in [4.69, 9.17) is 21.1 Å². The SMILES string of the molecule is CCOc1ccc(Cl)cc1NC(=O)c1cnn(Cc2ccc(OC)cc2)c1. The third-order valence-electron chi connectivity index (χ3n) is 3.89. The average molecular weight is 386 g/mol. The van der Waals surface area contributed by atoms with Crippen LogP contribution < -0.4 is 14.8 Å². The predicted molar refractivity (Wildman–Crippen MR) is 105 cm³/mol. The maximum atomic E-state index is 12.6. The molecule has 0 fully saturated rings. The van der Waals surface area contributed by atoms with Crippen molar-refractivity contribution in [3.63, 3.8) is 0 Å². The fourth-order valence-electron chi connectivity index (χ4n) is 2.56. The third-order valence-corrected chi connectivity index (χ3v) is 4.12. The normalized spacial score (nSPS) is 10.5. The standard InChI is InChI=1S/C20H20ClN3O3/c1-3-27-19-9-6-16(21)10-18(19)23-20(25)15-11-22-24(13-15)12-14-4-7-17(26-2)8-5-14/h4-11,13H,3,12H2,1-2H3,(H,23,25). The highest BCUT2D eigenvalue weighted by molar-refractivity contribution is 6.31. The first-order valence-corrected chi connectivity index (χ1v) is 8.86. The molecule has 6 nitrogen and oxygen atoms in total. The number of amides is 1. The summed E-state index contributed by atoms with van der Waals surface area (Å²) in [5, 5.41) is 7.60. The van der Waals surface area contributed by atoms with E-state index in [9.17, 15) is 4.79 Å². The number of rotatable bonds is 7. The summed E-state index contributed by atoms with van der Waals surface area (Å²) in [6, 6.07) is 12.8. The number of ether oxygens (including phenoxy) is 2. The molecule has 27 heavy (non-hydrogen) atoms. The van der Waals surface area contributed by atoms with Gasteiger partial charge in [0.05, 0.1) is 37.7 Å². The highest BCUT2D eigenvalue weighted by Crippen LogP contribution is 2.28. The molecular weight excluding hydrogens is 366 g/mol. The fourth-order valence-corrected chi connectivity index (χ4v) is 2.73. The number of halogens is 1. The van der Waals surface area contributed by atoms with Gasteiger partial charge >= 0.3 is 0 Å². The van der Waals surface area contributed by atoms with Crippen LogP contribution in [-0.2, 0) is 6.54 Å². The van der Waals surface area contributed by atoms with Crippen LogP contribution >= 0.6 is 11.6 Å². The molecule has 3 aromatic rings. The molecule has 1 amide bonds. The number of benzene rings is 2. The Morgan fingerprint density at radius 3 is 2.70 bits per heavy atom. The van der Waals surface area contributed by atoms with Gasteiger partial charge < -0.3 is 14.8 Å². The van der Waals surface area contributed by atoms with Gasteiger partial charge in [0.2, 0.25) is 0 Å². The number of methoxy groups -OCH3 is 1. The molecule has 0 unspecified atom stereocenters. The fraction of sp³-hybridized carbons (Fsp3) is 0.200. The molecule has 7 heteroatoms. The Labute approximate surface area is 162 Å². The summed E-state index contributed by atoms with van der Waals surface area (Å²) in [4.78, 5) is 12.6. The quantitative estimate of drug-likeness (QED) is 0.660. The first kappa shape index (κ1) is 18.8. The average Bonchev–Trinajstić information content (AvgIpc) is 3.13. The number of nitrogens with one attached hydrogen (secondary N) is 1. The molecule has 2 aromatic carbocycles. The lowest BCUT2D eigenvalue weighted by molar-refractivity contribution is 0.102. The zero-order valence-electron chi connectivity index (χ0n) is 15.1. The number of hydrogen-bond acceptors (Lipinski definition) is 4. The van der Waals surface area contributed by atoms with Gasteiger partial charge in [-0.1, -0.05) is 23.7 Å². The molecule has 1 aromatic heterocycles. The molecule has 0 aliphatic rings. The van der Waals surface area contributed by atoms with E-state index in [2.05, 4.69) is 10.4 Å². The Hall–Kier alpha value is -2.99. The Kier molecular flexibility index (Phi) is 5.98. The molecule has 0 spiro atoms. The predicted octanol–water partition coefficient (Wildman–Crippen LogP) is 4.24. The molecule has 0 saturated carbocycles. The molecule has 0 bridgehead atoms. The number of anilines is 1. The monoisotopic (exact) mass is 385 g/mol. The summed E-state index contributed by atoms with van der Waals surface area (Å²) in [5.74, 6) is 1.09. The minimum atomic E-state index is -0.279. The molecule has 0 radical (unpaired) electrons. The third kappa shape index (κ3) is 4.80. The minimum Gasteiger partial charge on any atom is -0.497 e. The van der Waals surface area contributed by atoms with Crippen LogP contribution in [0.25, 0.3) is 0 Å². The molecule has 1 heterocycles.